The third kappa shape index (κ3) is 4.13. The Morgan fingerprint density at radius 3 is 1.93 bits per heavy atom. The molecule has 0 saturated heterocycles. The second kappa shape index (κ2) is 8.62. The van der Waals surface area contributed by atoms with E-state index >= 15 is 0 Å². The molecule has 0 radical (unpaired) electrons. The Bertz CT molecular complexity index is 1080. The molecule has 4 nitrogen and oxygen atoms in total. The second-order valence-corrected chi connectivity index (χ2v) is 9.95. The predicted molar refractivity (Wildman–Crippen MR) is 123 cm³/mol. The standard InChI is InChI=1S/C25H28N2O2S/c1-20-12-16-23(17-13-20)30(28,29)26(2)18-7-19-27-24-10-5-3-8-21(24)14-15-22-9-4-6-11-25(22)27/h3-6,8-13,16-17H,7,14-15,18-19H2,1-2H3. The minimum atomic E-state index is -3.47. The van der Waals surface area contributed by atoms with E-state index in [2.05, 4.69) is 53.4 Å². The summed E-state index contributed by atoms with van der Waals surface area (Å²) in [6, 6.07) is 24.1. The Labute approximate surface area is 179 Å². The highest BCUT2D eigenvalue weighted by molar-refractivity contribution is 7.89. The molecule has 1 heterocycles. The highest BCUT2D eigenvalue weighted by Gasteiger charge is 2.23. The van der Waals surface area contributed by atoms with Crippen molar-refractivity contribution in [3.8, 4) is 0 Å². The van der Waals surface area contributed by atoms with Gasteiger partial charge in [-0.2, -0.15) is 0 Å². The second-order valence-electron chi connectivity index (χ2n) is 7.90. The van der Waals surface area contributed by atoms with Crippen molar-refractivity contribution in [3.05, 3.63) is 89.5 Å². The van der Waals surface area contributed by atoms with Gasteiger partial charge in [-0.3, -0.25) is 0 Å². The van der Waals surface area contributed by atoms with E-state index in [-0.39, 0.29) is 0 Å². The molecular formula is C25H28N2O2S. The predicted octanol–water partition coefficient (Wildman–Crippen LogP) is 4.94. The Morgan fingerprint density at radius 2 is 1.37 bits per heavy atom. The summed E-state index contributed by atoms with van der Waals surface area (Å²) in [4.78, 5) is 2.70. The fourth-order valence-corrected chi connectivity index (χ4v) is 5.28. The van der Waals surface area contributed by atoms with Crippen LogP contribution in [0.3, 0.4) is 0 Å². The summed E-state index contributed by atoms with van der Waals surface area (Å²) < 4.78 is 27.2. The minimum absolute atomic E-state index is 0.348. The molecule has 0 fully saturated rings. The van der Waals surface area contributed by atoms with Gasteiger partial charge in [0.2, 0.25) is 10.0 Å². The molecular weight excluding hydrogens is 392 g/mol. The van der Waals surface area contributed by atoms with E-state index in [0.717, 1.165) is 31.4 Å². The molecule has 1 aliphatic heterocycles. The van der Waals surface area contributed by atoms with E-state index in [1.165, 1.54) is 26.8 Å². The number of nitrogens with zero attached hydrogens (tertiary/aromatic N) is 2. The first-order valence-corrected chi connectivity index (χ1v) is 11.9. The lowest BCUT2D eigenvalue weighted by Gasteiger charge is -2.28. The van der Waals surface area contributed by atoms with Crippen molar-refractivity contribution in [2.75, 3.05) is 25.0 Å². The van der Waals surface area contributed by atoms with Crippen molar-refractivity contribution in [1.29, 1.82) is 0 Å². The first-order chi connectivity index (χ1) is 14.5. The number of fused-ring (bicyclic) bond motifs is 2. The maximum atomic E-state index is 12.9. The number of hydrogen-bond acceptors (Lipinski definition) is 3. The van der Waals surface area contributed by atoms with Crippen LogP contribution < -0.4 is 4.90 Å². The van der Waals surface area contributed by atoms with Crippen LogP contribution in [-0.4, -0.2) is 32.9 Å². The van der Waals surface area contributed by atoms with Gasteiger partial charge in [-0.05, 0) is 61.6 Å². The van der Waals surface area contributed by atoms with Crippen LogP contribution >= 0.6 is 0 Å². The summed E-state index contributed by atoms with van der Waals surface area (Å²) >= 11 is 0. The lowest BCUT2D eigenvalue weighted by atomic mass is 10.0. The van der Waals surface area contributed by atoms with Crippen LogP contribution in [0.15, 0.2) is 77.7 Å². The molecule has 3 aromatic carbocycles. The van der Waals surface area contributed by atoms with Crippen LogP contribution in [0.5, 0.6) is 0 Å². The maximum Gasteiger partial charge on any atom is 0.242 e. The summed E-state index contributed by atoms with van der Waals surface area (Å²) in [6.45, 7) is 3.19. The molecule has 1 aliphatic rings. The largest absolute Gasteiger partial charge is 0.341 e. The molecule has 5 heteroatoms. The number of hydrogen-bond donors (Lipinski definition) is 0. The van der Waals surface area contributed by atoms with E-state index in [4.69, 9.17) is 0 Å². The number of benzene rings is 3. The summed E-state index contributed by atoms with van der Waals surface area (Å²) in [7, 11) is -1.81. The number of rotatable bonds is 6. The van der Waals surface area contributed by atoms with Crippen molar-refractivity contribution in [1.82, 2.24) is 4.31 Å². The lowest BCUT2D eigenvalue weighted by Crippen LogP contribution is -2.30. The molecule has 0 spiro atoms. The van der Waals surface area contributed by atoms with Gasteiger partial charge in [0.15, 0.2) is 0 Å². The van der Waals surface area contributed by atoms with Gasteiger partial charge in [-0.1, -0.05) is 54.1 Å². The molecule has 0 aromatic heterocycles. The third-order valence-corrected chi connectivity index (χ3v) is 7.68. The van der Waals surface area contributed by atoms with Crippen LogP contribution in [0.2, 0.25) is 0 Å². The fourth-order valence-electron chi connectivity index (χ4n) is 4.07. The lowest BCUT2D eigenvalue weighted by molar-refractivity contribution is 0.463. The molecule has 0 N–H and O–H groups in total. The zero-order valence-corrected chi connectivity index (χ0v) is 18.4. The van der Waals surface area contributed by atoms with Gasteiger partial charge in [0.05, 0.1) is 4.90 Å². The summed E-state index contributed by atoms with van der Waals surface area (Å²) in [5.74, 6) is 0. The molecule has 0 aliphatic carbocycles. The molecule has 0 saturated carbocycles. The van der Waals surface area contributed by atoms with Gasteiger partial charge >= 0.3 is 0 Å². The molecule has 30 heavy (non-hydrogen) atoms. The molecule has 0 atom stereocenters. The molecule has 0 unspecified atom stereocenters. The first kappa shape index (κ1) is 20.6. The van der Waals surface area contributed by atoms with Crippen molar-refractivity contribution in [2.45, 2.75) is 31.1 Å². The van der Waals surface area contributed by atoms with E-state index in [1.807, 2.05) is 19.1 Å². The van der Waals surface area contributed by atoms with Crippen molar-refractivity contribution in [2.24, 2.45) is 0 Å². The van der Waals surface area contributed by atoms with Crippen LogP contribution in [0, 0.1) is 6.92 Å². The topological polar surface area (TPSA) is 40.6 Å². The zero-order chi connectivity index (χ0) is 21.1. The average molecular weight is 421 g/mol. The third-order valence-electron chi connectivity index (χ3n) is 5.81. The van der Waals surface area contributed by atoms with Gasteiger partial charge in [-0.15, -0.1) is 0 Å². The summed E-state index contributed by atoms with van der Waals surface area (Å²) in [5.41, 5.74) is 6.19. The molecule has 0 bridgehead atoms. The van der Waals surface area contributed by atoms with E-state index in [9.17, 15) is 8.42 Å². The highest BCUT2D eigenvalue weighted by atomic mass is 32.2. The van der Waals surface area contributed by atoms with Crippen molar-refractivity contribution < 1.29 is 8.42 Å². The number of para-hydroxylation sites is 2. The monoisotopic (exact) mass is 420 g/mol. The first-order valence-electron chi connectivity index (χ1n) is 10.4. The van der Waals surface area contributed by atoms with E-state index in [1.54, 1.807) is 19.2 Å². The smallest absolute Gasteiger partial charge is 0.242 e. The summed E-state index contributed by atoms with van der Waals surface area (Å²) in [6.07, 6.45) is 2.78. The van der Waals surface area contributed by atoms with Crippen LogP contribution in [-0.2, 0) is 22.9 Å². The van der Waals surface area contributed by atoms with Gasteiger partial charge < -0.3 is 4.90 Å². The van der Waals surface area contributed by atoms with E-state index < -0.39 is 10.0 Å². The fraction of sp³-hybridized carbons (Fsp3) is 0.280. The molecule has 0 amide bonds. The number of sulfonamides is 1. The summed E-state index contributed by atoms with van der Waals surface area (Å²) in [5, 5.41) is 0. The van der Waals surface area contributed by atoms with Crippen LogP contribution in [0.4, 0.5) is 11.4 Å². The van der Waals surface area contributed by atoms with Crippen LogP contribution in [0.25, 0.3) is 0 Å². The number of anilines is 2. The molecule has 4 rings (SSSR count). The van der Waals surface area contributed by atoms with Gasteiger partial charge in [-0.25, -0.2) is 12.7 Å². The Kier molecular flexibility index (Phi) is 5.93. The quantitative estimate of drug-likeness (QED) is 0.567. The Hall–Kier alpha value is -2.63. The van der Waals surface area contributed by atoms with Crippen LogP contribution in [0.1, 0.15) is 23.1 Å². The minimum Gasteiger partial charge on any atom is -0.341 e. The molecule has 156 valence electrons. The average Bonchev–Trinajstić information content (AvgIpc) is 2.91. The normalized spacial score (nSPS) is 13.6. The Morgan fingerprint density at radius 1 is 0.833 bits per heavy atom. The van der Waals surface area contributed by atoms with Gasteiger partial charge in [0.1, 0.15) is 0 Å². The number of aryl methyl sites for hydroxylation is 3. The Balaban J connectivity index is 1.52. The highest BCUT2D eigenvalue weighted by Crippen LogP contribution is 2.35. The van der Waals surface area contributed by atoms with E-state index in [0.29, 0.717) is 11.4 Å². The SMILES string of the molecule is Cc1ccc(S(=O)(=O)N(C)CCCN2c3ccccc3CCc3ccccc32)cc1. The zero-order valence-electron chi connectivity index (χ0n) is 17.6. The van der Waals surface area contributed by atoms with Crippen molar-refractivity contribution in [3.63, 3.8) is 0 Å². The van der Waals surface area contributed by atoms with Gasteiger partial charge in [0.25, 0.3) is 0 Å². The maximum absolute atomic E-state index is 12.9. The van der Waals surface area contributed by atoms with Gasteiger partial charge in [0, 0.05) is 31.5 Å². The van der Waals surface area contributed by atoms with Crippen molar-refractivity contribution >= 4 is 21.4 Å². The molecule has 3 aromatic rings.